The summed E-state index contributed by atoms with van der Waals surface area (Å²) in [5.74, 6) is 1.56. The van der Waals surface area contributed by atoms with Crippen LogP contribution in [0.25, 0.3) is 0 Å². The first-order valence-electron chi connectivity index (χ1n) is 8.37. The molecule has 0 aromatic carbocycles. The van der Waals surface area contributed by atoms with Crippen molar-refractivity contribution in [3.63, 3.8) is 0 Å². The van der Waals surface area contributed by atoms with E-state index in [0.717, 1.165) is 47.7 Å². The smallest absolute Gasteiger partial charge is 0.230 e. The van der Waals surface area contributed by atoms with Gasteiger partial charge in [-0.15, -0.1) is 0 Å². The zero-order valence-corrected chi connectivity index (χ0v) is 15.6. The van der Waals surface area contributed by atoms with Gasteiger partial charge in [-0.1, -0.05) is 11.6 Å². The number of furan rings is 1. The van der Waals surface area contributed by atoms with Crippen LogP contribution < -0.4 is 0 Å². The van der Waals surface area contributed by atoms with E-state index in [9.17, 15) is 4.79 Å². The summed E-state index contributed by atoms with van der Waals surface area (Å²) < 4.78 is 7.28. The molecule has 0 spiro atoms. The number of carbonyl (C=O) groups is 1. The Bertz CT molecular complexity index is 778. The van der Waals surface area contributed by atoms with Crippen LogP contribution >= 0.6 is 11.6 Å². The summed E-state index contributed by atoms with van der Waals surface area (Å²) in [5, 5.41) is 5.03. The zero-order valence-electron chi connectivity index (χ0n) is 14.9. The molecule has 2 aromatic rings. The molecule has 5 nitrogen and oxygen atoms in total. The quantitative estimate of drug-likeness (QED) is 0.839. The molecule has 1 saturated heterocycles. The second kappa shape index (κ2) is 6.28. The Labute approximate surface area is 147 Å². The van der Waals surface area contributed by atoms with Gasteiger partial charge in [-0.3, -0.25) is 9.48 Å². The number of amides is 1. The molecule has 130 valence electrons. The molecular weight excluding hydrogens is 326 g/mol. The van der Waals surface area contributed by atoms with Gasteiger partial charge in [-0.2, -0.15) is 5.10 Å². The minimum Gasteiger partial charge on any atom is -0.466 e. The Hall–Kier alpha value is -1.75. The molecule has 1 aliphatic rings. The van der Waals surface area contributed by atoms with Gasteiger partial charge in [-0.25, -0.2) is 0 Å². The lowest BCUT2D eigenvalue weighted by Crippen LogP contribution is -2.34. The molecule has 0 bridgehead atoms. The summed E-state index contributed by atoms with van der Waals surface area (Å²) in [4.78, 5) is 15.1. The lowest BCUT2D eigenvalue weighted by Gasteiger charge is -2.27. The van der Waals surface area contributed by atoms with Crippen LogP contribution in [-0.4, -0.2) is 27.1 Å². The van der Waals surface area contributed by atoms with Crippen LogP contribution in [0, 0.1) is 20.8 Å². The van der Waals surface area contributed by atoms with Gasteiger partial charge in [-0.05, 0) is 46.6 Å². The SMILES string of the molecule is Cc1cc([C@@H](C)C(=O)N2CCC[C@@H]2c2c(C)nn(C)c2Cl)c(C)o1. The fourth-order valence-electron chi connectivity index (χ4n) is 3.82. The van der Waals surface area contributed by atoms with E-state index in [1.807, 2.05) is 45.7 Å². The van der Waals surface area contributed by atoms with Crippen molar-refractivity contribution in [1.29, 1.82) is 0 Å². The minimum atomic E-state index is -0.223. The number of rotatable bonds is 3. The number of carbonyl (C=O) groups excluding carboxylic acids is 1. The molecule has 1 fully saturated rings. The van der Waals surface area contributed by atoms with Gasteiger partial charge < -0.3 is 9.32 Å². The molecule has 0 saturated carbocycles. The number of halogens is 1. The average molecular weight is 350 g/mol. The predicted octanol–water partition coefficient (Wildman–Crippen LogP) is 4.06. The average Bonchev–Trinajstić information content (AvgIpc) is 3.17. The van der Waals surface area contributed by atoms with Crippen molar-refractivity contribution in [2.75, 3.05) is 6.54 Å². The molecule has 2 atom stereocenters. The first kappa shape index (κ1) is 17.1. The Balaban J connectivity index is 1.90. The van der Waals surface area contributed by atoms with Gasteiger partial charge in [0.25, 0.3) is 0 Å². The molecule has 0 unspecified atom stereocenters. The molecule has 6 heteroatoms. The minimum absolute atomic E-state index is 0.00875. The Kier molecular flexibility index (Phi) is 4.47. The fourth-order valence-corrected chi connectivity index (χ4v) is 4.12. The normalized spacial score (nSPS) is 19.1. The molecular formula is C18H24ClN3O2. The van der Waals surface area contributed by atoms with Gasteiger partial charge >= 0.3 is 0 Å². The summed E-state index contributed by atoms with van der Waals surface area (Å²) >= 11 is 6.44. The second-order valence-corrected chi connectivity index (χ2v) is 7.05. The summed E-state index contributed by atoms with van der Waals surface area (Å²) in [6.45, 7) is 8.48. The molecule has 24 heavy (non-hydrogen) atoms. The first-order chi connectivity index (χ1) is 11.3. The Morgan fingerprint density at radius 2 is 2.12 bits per heavy atom. The number of hydrogen-bond donors (Lipinski definition) is 0. The molecule has 0 aliphatic carbocycles. The third-order valence-electron chi connectivity index (χ3n) is 4.98. The largest absolute Gasteiger partial charge is 0.466 e. The highest BCUT2D eigenvalue weighted by atomic mass is 35.5. The van der Waals surface area contributed by atoms with Crippen LogP contribution in [0.2, 0.25) is 5.15 Å². The van der Waals surface area contributed by atoms with Crippen molar-refractivity contribution in [2.45, 2.75) is 52.5 Å². The topological polar surface area (TPSA) is 51.3 Å². The maximum atomic E-state index is 13.1. The molecule has 2 aromatic heterocycles. The highest BCUT2D eigenvalue weighted by Crippen LogP contribution is 2.39. The zero-order chi connectivity index (χ0) is 17.6. The van der Waals surface area contributed by atoms with E-state index >= 15 is 0 Å². The molecule has 0 N–H and O–H groups in total. The van der Waals surface area contributed by atoms with Crippen LogP contribution in [0.1, 0.15) is 60.1 Å². The van der Waals surface area contributed by atoms with Crippen LogP contribution in [0.3, 0.4) is 0 Å². The molecule has 1 amide bonds. The highest BCUT2D eigenvalue weighted by molar-refractivity contribution is 6.30. The van der Waals surface area contributed by atoms with Gasteiger partial charge in [0.05, 0.1) is 17.7 Å². The van der Waals surface area contributed by atoms with Crippen molar-refractivity contribution >= 4 is 17.5 Å². The lowest BCUT2D eigenvalue weighted by molar-refractivity contribution is -0.133. The summed E-state index contributed by atoms with van der Waals surface area (Å²) in [6.07, 6.45) is 1.91. The second-order valence-electron chi connectivity index (χ2n) is 6.69. The van der Waals surface area contributed by atoms with Crippen molar-refractivity contribution in [3.05, 3.63) is 39.6 Å². The van der Waals surface area contributed by atoms with Crippen molar-refractivity contribution in [3.8, 4) is 0 Å². The van der Waals surface area contributed by atoms with Gasteiger partial charge in [0, 0.05) is 24.7 Å². The number of nitrogens with zero attached hydrogens (tertiary/aromatic N) is 3. The van der Waals surface area contributed by atoms with Crippen molar-refractivity contribution < 1.29 is 9.21 Å². The summed E-state index contributed by atoms with van der Waals surface area (Å²) in [6, 6.07) is 1.97. The monoisotopic (exact) mass is 349 g/mol. The lowest BCUT2D eigenvalue weighted by atomic mass is 9.98. The summed E-state index contributed by atoms with van der Waals surface area (Å²) in [7, 11) is 1.83. The summed E-state index contributed by atoms with van der Waals surface area (Å²) in [5.41, 5.74) is 2.85. The molecule has 3 rings (SSSR count). The van der Waals surface area contributed by atoms with Gasteiger partial charge in [0.15, 0.2) is 0 Å². The molecule has 3 heterocycles. The standard InChI is InChI=1S/C18H24ClN3O2/c1-10-9-14(13(4)24-10)11(2)18(23)22-8-6-7-15(22)16-12(3)20-21(5)17(16)19/h9,11,15H,6-8H2,1-5H3/t11-,15-/m1/s1. The van der Waals surface area contributed by atoms with E-state index in [1.54, 1.807) is 4.68 Å². The van der Waals surface area contributed by atoms with E-state index in [2.05, 4.69) is 5.10 Å². The molecule has 1 aliphatic heterocycles. The first-order valence-corrected chi connectivity index (χ1v) is 8.75. The highest BCUT2D eigenvalue weighted by Gasteiger charge is 2.36. The Morgan fingerprint density at radius 1 is 1.42 bits per heavy atom. The van der Waals surface area contributed by atoms with Crippen LogP contribution in [0.15, 0.2) is 10.5 Å². The van der Waals surface area contributed by atoms with E-state index in [1.165, 1.54) is 0 Å². The van der Waals surface area contributed by atoms with Crippen molar-refractivity contribution in [1.82, 2.24) is 14.7 Å². The van der Waals surface area contributed by atoms with E-state index in [4.69, 9.17) is 16.0 Å². The number of aryl methyl sites for hydroxylation is 4. The van der Waals surface area contributed by atoms with E-state index in [-0.39, 0.29) is 17.9 Å². The molecule has 0 radical (unpaired) electrons. The maximum absolute atomic E-state index is 13.1. The van der Waals surface area contributed by atoms with Crippen LogP contribution in [0.5, 0.6) is 0 Å². The van der Waals surface area contributed by atoms with E-state index in [0.29, 0.717) is 5.15 Å². The number of hydrogen-bond acceptors (Lipinski definition) is 3. The maximum Gasteiger partial charge on any atom is 0.230 e. The third kappa shape index (κ3) is 2.75. The van der Waals surface area contributed by atoms with E-state index < -0.39 is 0 Å². The number of likely N-dealkylation sites (tertiary alicyclic amines) is 1. The van der Waals surface area contributed by atoms with Gasteiger partial charge in [0.1, 0.15) is 16.7 Å². The van der Waals surface area contributed by atoms with Crippen molar-refractivity contribution in [2.24, 2.45) is 7.05 Å². The third-order valence-corrected chi connectivity index (χ3v) is 5.43. The van der Waals surface area contributed by atoms with Gasteiger partial charge in [0.2, 0.25) is 5.91 Å². The van der Waals surface area contributed by atoms with Crippen LogP contribution in [-0.2, 0) is 11.8 Å². The fraction of sp³-hybridized carbons (Fsp3) is 0.556. The number of aromatic nitrogens is 2. The Morgan fingerprint density at radius 3 is 2.67 bits per heavy atom. The van der Waals surface area contributed by atoms with Crippen LogP contribution in [0.4, 0.5) is 0 Å². The predicted molar refractivity (Wildman–Crippen MR) is 93.2 cm³/mol.